The van der Waals surface area contributed by atoms with Crippen LogP contribution >= 0.6 is 11.3 Å². The highest BCUT2D eigenvalue weighted by Gasteiger charge is 2.13. The van der Waals surface area contributed by atoms with Crippen LogP contribution in [0.1, 0.15) is 15.2 Å². The third-order valence-corrected chi connectivity index (χ3v) is 3.34. The minimum Gasteiger partial charge on any atom is -0.465 e. The number of anilines is 1. The predicted molar refractivity (Wildman–Crippen MR) is 72.2 cm³/mol. The molecule has 0 fully saturated rings. The molecule has 1 aromatic heterocycles. The van der Waals surface area contributed by atoms with Gasteiger partial charge in [-0.1, -0.05) is 29.5 Å². The SMILES string of the molecule is COC(=O)c1cnc(NC(=O)Cc2ccccc2F)s1. The molecule has 0 saturated carbocycles. The van der Waals surface area contributed by atoms with E-state index >= 15 is 0 Å². The third-order valence-electron chi connectivity index (χ3n) is 2.45. The maximum Gasteiger partial charge on any atom is 0.349 e. The van der Waals surface area contributed by atoms with Gasteiger partial charge in [-0.15, -0.1) is 0 Å². The Morgan fingerprint density at radius 3 is 2.85 bits per heavy atom. The molecule has 0 radical (unpaired) electrons. The van der Waals surface area contributed by atoms with E-state index in [9.17, 15) is 14.0 Å². The second kappa shape index (κ2) is 6.25. The van der Waals surface area contributed by atoms with Crippen LogP contribution in [0.25, 0.3) is 0 Å². The molecule has 1 aromatic carbocycles. The van der Waals surface area contributed by atoms with Crippen molar-refractivity contribution < 1.29 is 18.7 Å². The number of amides is 1. The van der Waals surface area contributed by atoms with Crippen LogP contribution in [0.5, 0.6) is 0 Å². The zero-order valence-corrected chi connectivity index (χ0v) is 11.4. The van der Waals surface area contributed by atoms with Crippen LogP contribution in [0.2, 0.25) is 0 Å². The second-order valence-electron chi connectivity index (χ2n) is 3.84. The Bertz CT molecular complexity index is 642. The van der Waals surface area contributed by atoms with Gasteiger partial charge < -0.3 is 10.1 Å². The van der Waals surface area contributed by atoms with E-state index in [-0.39, 0.29) is 16.4 Å². The summed E-state index contributed by atoms with van der Waals surface area (Å²) in [7, 11) is 1.26. The van der Waals surface area contributed by atoms with Gasteiger partial charge in [0.1, 0.15) is 10.7 Å². The first-order chi connectivity index (χ1) is 9.60. The van der Waals surface area contributed by atoms with Gasteiger partial charge in [0, 0.05) is 0 Å². The van der Waals surface area contributed by atoms with Crippen molar-refractivity contribution in [3.05, 3.63) is 46.7 Å². The Labute approximate surface area is 118 Å². The Balaban J connectivity index is 2.00. The Morgan fingerprint density at radius 1 is 1.40 bits per heavy atom. The molecule has 0 atom stereocenters. The summed E-state index contributed by atoms with van der Waals surface area (Å²) < 4.78 is 17.9. The topological polar surface area (TPSA) is 68.3 Å². The lowest BCUT2D eigenvalue weighted by atomic mass is 10.1. The molecule has 1 N–H and O–H groups in total. The number of rotatable bonds is 4. The summed E-state index contributed by atoms with van der Waals surface area (Å²) in [6.07, 6.45) is 1.22. The molecule has 0 saturated heterocycles. The van der Waals surface area contributed by atoms with Gasteiger partial charge in [0.25, 0.3) is 0 Å². The Hall–Kier alpha value is -2.28. The Morgan fingerprint density at radius 2 is 2.15 bits per heavy atom. The number of methoxy groups -OCH3 is 1. The molecule has 1 heterocycles. The number of nitrogens with zero attached hydrogens (tertiary/aromatic N) is 1. The molecule has 7 heteroatoms. The van der Waals surface area contributed by atoms with Crippen LogP contribution in [0, 0.1) is 5.82 Å². The molecule has 0 bridgehead atoms. The van der Waals surface area contributed by atoms with Crippen LogP contribution in [-0.4, -0.2) is 24.0 Å². The van der Waals surface area contributed by atoms with Crippen molar-refractivity contribution in [3.63, 3.8) is 0 Å². The normalized spacial score (nSPS) is 10.1. The number of hydrogen-bond donors (Lipinski definition) is 1. The molecule has 0 spiro atoms. The molecule has 0 unspecified atom stereocenters. The van der Waals surface area contributed by atoms with E-state index in [1.165, 1.54) is 25.4 Å². The summed E-state index contributed by atoms with van der Waals surface area (Å²) >= 11 is 0.997. The minimum absolute atomic E-state index is 0.0974. The van der Waals surface area contributed by atoms with Gasteiger partial charge in [0.05, 0.1) is 19.7 Å². The summed E-state index contributed by atoms with van der Waals surface area (Å²) in [6.45, 7) is 0. The van der Waals surface area contributed by atoms with Crippen molar-refractivity contribution in [2.24, 2.45) is 0 Å². The first-order valence-corrected chi connectivity index (χ1v) is 6.49. The smallest absolute Gasteiger partial charge is 0.349 e. The first kappa shape index (κ1) is 14.1. The van der Waals surface area contributed by atoms with Gasteiger partial charge in [-0.2, -0.15) is 0 Å². The summed E-state index contributed by atoms with van der Waals surface area (Å²) in [5.41, 5.74) is 0.301. The fourth-order valence-corrected chi connectivity index (χ4v) is 2.26. The fraction of sp³-hybridized carbons (Fsp3) is 0.154. The van der Waals surface area contributed by atoms with Crippen LogP contribution in [0.15, 0.2) is 30.5 Å². The zero-order valence-electron chi connectivity index (χ0n) is 10.6. The number of halogens is 1. The van der Waals surface area contributed by atoms with Crippen LogP contribution < -0.4 is 5.32 Å². The predicted octanol–water partition coefficient (Wildman–Crippen LogP) is 2.25. The van der Waals surface area contributed by atoms with Crippen molar-refractivity contribution in [1.29, 1.82) is 0 Å². The summed E-state index contributed by atoms with van der Waals surface area (Å²) in [5.74, 6) is -1.35. The van der Waals surface area contributed by atoms with Gasteiger partial charge >= 0.3 is 5.97 Å². The number of esters is 1. The second-order valence-corrected chi connectivity index (χ2v) is 4.87. The maximum absolute atomic E-state index is 13.4. The molecular formula is C13H11FN2O3S. The molecule has 2 rings (SSSR count). The van der Waals surface area contributed by atoms with Crippen LogP contribution in [0.3, 0.4) is 0 Å². The molecule has 0 aliphatic carbocycles. The van der Waals surface area contributed by atoms with Crippen molar-refractivity contribution in [3.8, 4) is 0 Å². The van der Waals surface area contributed by atoms with E-state index in [0.717, 1.165) is 11.3 Å². The van der Waals surface area contributed by atoms with Crippen molar-refractivity contribution in [1.82, 2.24) is 4.98 Å². The van der Waals surface area contributed by atoms with Crippen molar-refractivity contribution >= 4 is 28.3 Å². The standard InChI is InChI=1S/C13H11FN2O3S/c1-19-12(18)10-7-15-13(20-10)16-11(17)6-8-4-2-3-5-9(8)14/h2-5,7H,6H2,1H3,(H,15,16,17). The van der Waals surface area contributed by atoms with Gasteiger partial charge in [-0.3, -0.25) is 4.79 Å². The van der Waals surface area contributed by atoms with E-state index in [1.807, 2.05) is 0 Å². The third kappa shape index (κ3) is 3.39. The number of ether oxygens (including phenoxy) is 1. The number of thiazole rings is 1. The number of aromatic nitrogens is 1. The molecule has 1 amide bonds. The lowest BCUT2D eigenvalue weighted by molar-refractivity contribution is -0.115. The number of carbonyl (C=O) groups excluding carboxylic acids is 2. The largest absolute Gasteiger partial charge is 0.465 e. The molecule has 0 aliphatic rings. The first-order valence-electron chi connectivity index (χ1n) is 5.67. The van der Waals surface area contributed by atoms with Gasteiger partial charge in [0.15, 0.2) is 5.13 Å². The molecule has 2 aromatic rings. The quantitative estimate of drug-likeness (QED) is 0.878. The van der Waals surface area contributed by atoms with E-state index in [0.29, 0.717) is 5.56 Å². The monoisotopic (exact) mass is 294 g/mol. The lowest BCUT2D eigenvalue weighted by Gasteiger charge is -2.02. The van der Waals surface area contributed by atoms with E-state index in [2.05, 4.69) is 15.0 Å². The number of benzene rings is 1. The number of hydrogen-bond acceptors (Lipinski definition) is 5. The van der Waals surface area contributed by atoms with Crippen LogP contribution in [-0.2, 0) is 16.0 Å². The molecule has 5 nitrogen and oxygen atoms in total. The van der Waals surface area contributed by atoms with E-state index in [4.69, 9.17) is 0 Å². The Kier molecular flexibility index (Phi) is 4.41. The zero-order chi connectivity index (χ0) is 14.5. The van der Waals surface area contributed by atoms with Gasteiger partial charge in [-0.05, 0) is 11.6 Å². The molecular weight excluding hydrogens is 283 g/mol. The number of carbonyl (C=O) groups is 2. The summed E-state index contributed by atoms with van der Waals surface area (Å²) in [5, 5.41) is 2.78. The minimum atomic E-state index is -0.517. The summed E-state index contributed by atoms with van der Waals surface area (Å²) in [6, 6.07) is 6.04. The molecule has 0 aliphatic heterocycles. The van der Waals surface area contributed by atoms with E-state index < -0.39 is 17.7 Å². The van der Waals surface area contributed by atoms with Gasteiger partial charge in [-0.25, -0.2) is 14.2 Å². The lowest BCUT2D eigenvalue weighted by Crippen LogP contribution is -2.14. The highest BCUT2D eigenvalue weighted by atomic mass is 32.1. The summed E-state index contributed by atoms with van der Waals surface area (Å²) in [4.78, 5) is 27.2. The average Bonchev–Trinajstić information content (AvgIpc) is 2.89. The van der Waals surface area contributed by atoms with Crippen molar-refractivity contribution in [2.45, 2.75) is 6.42 Å². The molecule has 20 heavy (non-hydrogen) atoms. The number of nitrogens with one attached hydrogen (secondary N) is 1. The van der Waals surface area contributed by atoms with Crippen LogP contribution in [0.4, 0.5) is 9.52 Å². The van der Waals surface area contributed by atoms with Crippen molar-refractivity contribution in [2.75, 3.05) is 12.4 Å². The average molecular weight is 294 g/mol. The highest BCUT2D eigenvalue weighted by molar-refractivity contribution is 7.17. The van der Waals surface area contributed by atoms with Gasteiger partial charge in [0.2, 0.25) is 5.91 Å². The van der Waals surface area contributed by atoms with E-state index in [1.54, 1.807) is 12.1 Å². The highest BCUT2D eigenvalue weighted by Crippen LogP contribution is 2.19. The molecule has 104 valence electrons. The fourth-order valence-electron chi connectivity index (χ4n) is 1.51. The maximum atomic E-state index is 13.4.